The third-order valence-corrected chi connectivity index (χ3v) is 8.66. The van der Waals surface area contributed by atoms with Crippen LogP contribution in [0.5, 0.6) is 5.75 Å². The molecule has 3 unspecified atom stereocenters. The Labute approximate surface area is 195 Å². The predicted molar refractivity (Wildman–Crippen MR) is 128 cm³/mol. The summed E-state index contributed by atoms with van der Waals surface area (Å²) < 4.78 is 6.34. The monoisotopic (exact) mass is 455 g/mol. The zero-order chi connectivity index (χ0) is 22.4. The van der Waals surface area contributed by atoms with E-state index in [0.717, 1.165) is 61.0 Å². The number of ether oxygens (including phenoxy) is 1. The molecule has 0 radical (unpaired) electrons. The van der Waals surface area contributed by atoms with Gasteiger partial charge in [0.2, 0.25) is 0 Å². The molecule has 0 aromatic heterocycles. The van der Waals surface area contributed by atoms with Crippen LogP contribution in [0.15, 0.2) is 30.3 Å². The molecule has 1 N–H and O–H groups in total. The van der Waals surface area contributed by atoms with E-state index in [1.54, 1.807) is 0 Å². The average molecular weight is 456 g/mol. The van der Waals surface area contributed by atoms with Crippen LogP contribution in [0, 0.1) is 11.8 Å². The van der Waals surface area contributed by atoms with Crippen molar-refractivity contribution in [3.05, 3.63) is 40.9 Å². The van der Waals surface area contributed by atoms with Gasteiger partial charge >= 0.3 is 5.97 Å². The lowest BCUT2D eigenvalue weighted by molar-refractivity contribution is -0.144. The summed E-state index contributed by atoms with van der Waals surface area (Å²) in [6.45, 7) is 4.57. The van der Waals surface area contributed by atoms with Gasteiger partial charge in [-0.15, -0.1) is 0 Å². The molecule has 2 heterocycles. The molecule has 0 spiro atoms. The van der Waals surface area contributed by atoms with Crippen LogP contribution < -0.4 is 4.74 Å². The zero-order valence-electron chi connectivity index (χ0n) is 19.1. The highest BCUT2D eigenvalue weighted by Gasteiger charge is 2.45. The smallest absolute Gasteiger partial charge is 0.306 e. The van der Waals surface area contributed by atoms with Gasteiger partial charge in [-0.3, -0.25) is 9.69 Å². The number of halogens is 1. The number of aliphatic carboxylic acids is 1. The molecule has 3 atom stereocenters. The molecular weight excluding hydrogens is 422 g/mol. The number of nitrogens with zero attached hydrogens (tertiary/aromatic N) is 1. The topological polar surface area (TPSA) is 49.8 Å². The first-order valence-electron chi connectivity index (χ1n) is 12.3. The van der Waals surface area contributed by atoms with Gasteiger partial charge in [-0.1, -0.05) is 36.7 Å². The van der Waals surface area contributed by atoms with Gasteiger partial charge in [-0.25, -0.2) is 0 Å². The number of rotatable bonds is 5. The van der Waals surface area contributed by atoms with Crippen LogP contribution in [-0.2, 0) is 4.79 Å². The summed E-state index contributed by atoms with van der Waals surface area (Å²) in [4.78, 5) is 14.1. The van der Waals surface area contributed by atoms with E-state index >= 15 is 0 Å². The third-order valence-electron chi connectivity index (χ3n) is 8.27. The normalized spacial score (nSPS) is 31.5. The molecule has 0 amide bonds. The van der Waals surface area contributed by atoms with Crippen LogP contribution in [0.2, 0.25) is 5.02 Å². The van der Waals surface area contributed by atoms with Crippen molar-refractivity contribution in [2.45, 2.75) is 89.4 Å². The second kappa shape index (κ2) is 8.87. The Morgan fingerprint density at radius 3 is 2.38 bits per heavy atom. The second-order valence-corrected chi connectivity index (χ2v) is 10.8. The quantitative estimate of drug-likeness (QED) is 0.536. The largest absolute Gasteiger partial charge is 0.489 e. The van der Waals surface area contributed by atoms with Crippen molar-refractivity contribution in [3.8, 4) is 5.75 Å². The van der Waals surface area contributed by atoms with Crippen molar-refractivity contribution >= 4 is 28.3 Å². The van der Waals surface area contributed by atoms with Gasteiger partial charge in [0.05, 0.1) is 17.0 Å². The minimum Gasteiger partial charge on any atom is -0.489 e. The molecule has 1 saturated carbocycles. The van der Waals surface area contributed by atoms with Crippen molar-refractivity contribution in [2.75, 3.05) is 0 Å². The molecule has 2 saturated heterocycles. The summed E-state index contributed by atoms with van der Waals surface area (Å²) in [6.07, 6.45) is 8.64. The van der Waals surface area contributed by atoms with Crippen molar-refractivity contribution < 1.29 is 14.6 Å². The highest BCUT2D eigenvalue weighted by Crippen LogP contribution is 2.44. The van der Waals surface area contributed by atoms with Crippen molar-refractivity contribution in [1.82, 2.24) is 4.90 Å². The summed E-state index contributed by atoms with van der Waals surface area (Å²) in [5, 5.41) is 12.4. The molecular formula is C27H34ClNO3. The summed E-state index contributed by atoms with van der Waals surface area (Å²) in [5.74, 6) is 0.767. The summed E-state index contributed by atoms with van der Waals surface area (Å²) in [6, 6.07) is 11.7. The van der Waals surface area contributed by atoms with Gasteiger partial charge in [-0.2, -0.15) is 0 Å². The lowest BCUT2D eigenvalue weighted by atomic mass is 9.88. The van der Waals surface area contributed by atoms with Crippen molar-refractivity contribution in [3.63, 3.8) is 0 Å². The maximum atomic E-state index is 11.5. The van der Waals surface area contributed by atoms with Gasteiger partial charge in [-0.05, 0) is 87.3 Å². The van der Waals surface area contributed by atoms with E-state index in [2.05, 4.69) is 43.0 Å². The number of fused-ring (bicyclic) bond motifs is 3. The van der Waals surface area contributed by atoms with Gasteiger partial charge in [0.25, 0.3) is 0 Å². The van der Waals surface area contributed by atoms with E-state index in [-0.39, 0.29) is 18.1 Å². The molecule has 3 fully saturated rings. The highest BCUT2D eigenvalue weighted by atomic mass is 35.5. The summed E-state index contributed by atoms with van der Waals surface area (Å²) in [5.41, 5.74) is 1.24. The Kier molecular flexibility index (Phi) is 6.11. The van der Waals surface area contributed by atoms with Crippen LogP contribution in [0.25, 0.3) is 10.8 Å². The first-order chi connectivity index (χ1) is 15.4. The van der Waals surface area contributed by atoms with Crippen molar-refractivity contribution in [1.29, 1.82) is 0 Å². The number of piperidine rings is 1. The number of carbonyl (C=O) groups is 1. The van der Waals surface area contributed by atoms with Crippen LogP contribution in [0.1, 0.15) is 76.8 Å². The second-order valence-electron chi connectivity index (χ2n) is 10.4. The Hall–Kier alpha value is -1.78. The number of hydrogen-bond donors (Lipinski definition) is 1. The minimum atomic E-state index is -0.633. The summed E-state index contributed by atoms with van der Waals surface area (Å²) >= 11 is 6.87. The average Bonchev–Trinajstić information content (AvgIpc) is 3.05. The first kappa shape index (κ1) is 22.0. The van der Waals surface area contributed by atoms with Gasteiger partial charge in [0, 0.05) is 23.5 Å². The van der Waals surface area contributed by atoms with Crippen LogP contribution in [0.4, 0.5) is 0 Å². The van der Waals surface area contributed by atoms with Gasteiger partial charge in [0.1, 0.15) is 5.75 Å². The number of benzene rings is 2. The van der Waals surface area contributed by atoms with E-state index in [0.29, 0.717) is 17.1 Å². The van der Waals surface area contributed by atoms with E-state index in [4.69, 9.17) is 16.3 Å². The highest BCUT2D eigenvalue weighted by molar-refractivity contribution is 6.37. The Bertz CT molecular complexity index is 986. The molecule has 172 valence electrons. The molecule has 2 bridgehead atoms. The third kappa shape index (κ3) is 4.12. The fraction of sp³-hybridized carbons (Fsp3) is 0.593. The number of carboxylic acid groups (broad SMARTS) is 1. The standard InChI is InChI=1S/C27H34ClNO3/c1-16-3-10-23(11-4-16)32-25-12-7-18-5-6-19(15-24(18)26(25)28)17(2)29-21-8-9-22(29)14-20(13-21)27(30)31/h5-7,12,15-17,20-23H,3-4,8-11,13-14H2,1-2H3,(H,30,31). The van der Waals surface area contributed by atoms with Crippen LogP contribution >= 0.6 is 11.6 Å². The van der Waals surface area contributed by atoms with Crippen LogP contribution in [-0.4, -0.2) is 34.2 Å². The molecule has 4 nitrogen and oxygen atoms in total. The Balaban J connectivity index is 1.38. The number of carboxylic acids is 1. The molecule has 2 aliphatic heterocycles. The van der Waals surface area contributed by atoms with Crippen LogP contribution in [0.3, 0.4) is 0 Å². The van der Waals surface area contributed by atoms with E-state index in [9.17, 15) is 9.90 Å². The minimum absolute atomic E-state index is 0.190. The summed E-state index contributed by atoms with van der Waals surface area (Å²) in [7, 11) is 0. The van der Waals surface area contributed by atoms with Crippen molar-refractivity contribution in [2.24, 2.45) is 11.8 Å². The maximum Gasteiger partial charge on any atom is 0.306 e. The van der Waals surface area contributed by atoms with E-state index < -0.39 is 5.97 Å². The lowest BCUT2D eigenvalue weighted by Gasteiger charge is -2.41. The molecule has 3 aliphatic rings. The molecule has 2 aromatic rings. The van der Waals surface area contributed by atoms with E-state index in [1.807, 2.05) is 6.07 Å². The molecule has 2 aromatic carbocycles. The molecule has 5 rings (SSSR count). The fourth-order valence-corrected chi connectivity index (χ4v) is 6.65. The maximum absolute atomic E-state index is 11.5. The fourth-order valence-electron chi connectivity index (χ4n) is 6.38. The molecule has 5 heteroatoms. The SMILES string of the molecule is CC1CCC(Oc2ccc3ccc(C(C)N4C5CCC4CC(C(=O)O)C5)cc3c2Cl)CC1. The lowest BCUT2D eigenvalue weighted by Crippen LogP contribution is -2.45. The Morgan fingerprint density at radius 1 is 1.06 bits per heavy atom. The van der Waals surface area contributed by atoms with Gasteiger partial charge in [0.15, 0.2) is 0 Å². The predicted octanol–water partition coefficient (Wildman–Crippen LogP) is 6.84. The van der Waals surface area contributed by atoms with Gasteiger partial charge < -0.3 is 9.84 Å². The molecule has 1 aliphatic carbocycles. The number of hydrogen-bond acceptors (Lipinski definition) is 3. The van der Waals surface area contributed by atoms with E-state index in [1.165, 1.54) is 18.4 Å². The Morgan fingerprint density at radius 2 is 1.72 bits per heavy atom. The zero-order valence-corrected chi connectivity index (χ0v) is 19.9. The first-order valence-corrected chi connectivity index (χ1v) is 12.7. The molecule has 32 heavy (non-hydrogen) atoms.